The Bertz CT molecular complexity index is 1470. The number of aromatic nitrogens is 1. The van der Waals surface area contributed by atoms with E-state index in [1.165, 1.54) is 5.56 Å². The fourth-order valence-corrected chi connectivity index (χ4v) is 5.22. The lowest BCUT2D eigenvalue weighted by molar-refractivity contribution is -0.157. The van der Waals surface area contributed by atoms with Crippen LogP contribution in [0.15, 0.2) is 91.1 Å². The Morgan fingerprint density at radius 3 is 2.12 bits per heavy atom. The number of hydrogen-bond donors (Lipinski definition) is 3. The van der Waals surface area contributed by atoms with Crippen molar-refractivity contribution in [2.75, 3.05) is 6.54 Å². The summed E-state index contributed by atoms with van der Waals surface area (Å²) in [6, 6.07) is 27.1. The van der Waals surface area contributed by atoms with E-state index in [4.69, 9.17) is 4.74 Å². The second-order valence-corrected chi connectivity index (χ2v) is 12.0. The summed E-state index contributed by atoms with van der Waals surface area (Å²) in [5.41, 5.74) is 3.55. The summed E-state index contributed by atoms with van der Waals surface area (Å²) in [6.07, 6.45) is 4.85. The van der Waals surface area contributed by atoms with Crippen molar-refractivity contribution in [3.8, 4) is 0 Å². The number of H-pyrrole nitrogens is 1. The molecule has 0 aliphatic carbocycles. The van der Waals surface area contributed by atoms with E-state index in [9.17, 15) is 14.4 Å². The number of ether oxygens (including phenoxy) is 1. The van der Waals surface area contributed by atoms with Crippen molar-refractivity contribution in [1.29, 1.82) is 0 Å². The smallest absolute Gasteiger partial charge is 0.307 e. The van der Waals surface area contributed by atoms with E-state index in [2.05, 4.69) is 27.8 Å². The molecule has 1 heterocycles. The van der Waals surface area contributed by atoms with Crippen LogP contribution in [-0.2, 0) is 38.4 Å². The van der Waals surface area contributed by atoms with Crippen LogP contribution >= 0.6 is 0 Å². The standard InChI is InChI=1S/C36H43N3O4/c1-36(2,3)43-33(40)24-28(18-12-17-26-13-6-4-7-14-26)34(41)39-32(23-29-25-38-31-20-11-10-19-30(29)31)35(42)37-22-21-27-15-8-5-9-16-27/h4-11,13-16,19-20,25,28,32,38H,12,17-18,21-24H2,1-3H3,(H,37,42)(H,39,41). The SMILES string of the molecule is CC(C)(C)OC(=O)CC(CCCc1ccccc1)C(=O)NC(Cc1c[nH]c2ccccc12)C(=O)NCCc1ccccc1. The quantitative estimate of drug-likeness (QED) is 0.161. The van der Waals surface area contributed by atoms with Gasteiger partial charge in [-0.2, -0.15) is 0 Å². The lowest BCUT2D eigenvalue weighted by atomic mass is 9.94. The molecule has 3 aromatic carbocycles. The predicted molar refractivity (Wildman–Crippen MR) is 170 cm³/mol. The highest BCUT2D eigenvalue weighted by Gasteiger charge is 2.29. The molecular formula is C36H43N3O4. The number of para-hydroxylation sites is 1. The minimum atomic E-state index is -0.808. The van der Waals surface area contributed by atoms with Crippen LogP contribution in [0.3, 0.4) is 0 Å². The van der Waals surface area contributed by atoms with Crippen LogP contribution in [0.2, 0.25) is 0 Å². The maximum atomic E-state index is 13.8. The van der Waals surface area contributed by atoms with Crippen LogP contribution in [0.4, 0.5) is 0 Å². The number of esters is 1. The summed E-state index contributed by atoms with van der Waals surface area (Å²) < 4.78 is 5.56. The Morgan fingerprint density at radius 2 is 1.44 bits per heavy atom. The van der Waals surface area contributed by atoms with Gasteiger partial charge in [-0.1, -0.05) is 78.9 Å². The van der Waals surface area contributed by atoms with Crippen LogP contribution in [0, 0.1) is 5.92 Å². The van der Waals surface area contributed by atoms with Gasteiger partial charge in [0.1, 0.15) is 11.6 Å². The molecule has 2 amide bonds. The van der Waals surface area contributed by atoms with Gasteiger partial charge < -0.3 is 20.4 Å². The van der Waals surface area contributed by atoms with Crippen molar-refractivity contribution in [1.82, 2.24) is 15.6 Å². The summed E-state index contributed by atoms with van der Waals surface area (Å²) in [5.74, 6) is -1.62. The number of rotatable bonds is 14. The number of aryl methyl sites for hydroxylation is 1. The molecule has 0 spiro atoms. The highest BCUT2D eigenvalue weighted by molar-refractivity contribution is 5.91. The third-order valence-corrected chi connectivity index (χ3v) is 7.35. The molecule has 7 nitrogen and oxygen atoms in total. The highest BCUT2D eigenvalue weighted by Crippen LogP contribution is 2.21. The van der Waals surface area contributed by atoms with Crippen LogP contribution < -0.4 is 10.6 Å². The number of hydrogen-bond acceptors (Lipinski definition) is 4. The van der Waals surface area contributed by atoms with Crippen molar-refractivity contribution in [2.24, 2.45) is 5.92 Å². The van der Waals surface area contributed by atoms with Gasteiger partial charge in [0.25, 0.3) is 0 Å². The van der Waals surface area contributed by atoms with E-state index in [0.717, 1.165) is 34.9 Å². The molecule has 1 aromatic heterocycles. The number of nitrogens with one attached hydrogen (secondary N) is 3. The first-order valence-corrected chi connectivity index (χ1v) is 15.1. The number of carbonyl (C=O) groups excluding carboxylic acids is 3. The summed E-state index contributed by atoms with van der Waals surface area (Å²) in [7, 11) is 0. The Hall–Kier alpha value is -4.39. The second kappa shape index (κ2) is 15.2. The fraction of sp³-hybridized carbons (Fsp3) is 0.361. The van der Waals surface area contributed by atoms with E-state index in [1.54, 1.807) is 0 Å². The molecule has 0 radical (unpaired) electrons. The first-order valence-electron chi connectivity index (χ1n) is 15.1. The van der Waals surface area contributed by atoms with Crippen LogP contribution in [0.1, 0.15) is 56.7 Å². The molecule has 3 N–H and O–H groups in total. The molecule has 0 aliphatic rings. The average molecular weight is 582 g/mol. The topological polar surface area (TPSA) is 100 Å². The molecule has 7 heteroatoms. The zero-order valence-electron chi connectivity index (χ0n) is 25.4. The van der Waals surface area contributed by atoms with Crippen molar-refractivity contribution in [2.45, 2.75) is 70.9 Å². The summed E-state index contributed by atoms with van der Waals surface area (Å²) in [5, 5.41) is 7.04. The van der Waals surface area contributed by atoms with E-state index in [1.807, 2.05) is 99.8 Å². The third-order valence-electron chi connectivity index (χ3n) is 7.35. The van der Waals surface area contributed by atoms with Gasteiger partial charge in [0.2, 0.25) is 11.8 Å². The summed E-state index contributed by atoms with van der Waals surface area (Å²) >= 11 is 0. The van der Waals surface area contributed by atoms with Gasteiger partial charge in [0.15, 0.2) is 0 Å². The summed E-state index contributed by atoms with van der Waals surface area (Å²) in [6.45, 7) is 5.88. The van der Waals surface area contributed by atoms with Gasteiger partial charge in [-0.15, -0.1) is 0 Å². The van der Waals surface area contributed by atoms with Crippen LogP contribution in [0.25, 0.3) is 10.9 Å². The van der Waals surface area contributed by atoms with Gasteiger partial charge >= 0.3 is 5.97 Å². The van der Waals surface area contributed by atoms with Crippen LogP contribution in [-0.4, -0.2) is 41.0 Å². The molecule has 0 aliphatic heterocycles. The fourth-order valence-electron chi connectivity index (χ4n) is 5.22. The molecule has 2 unspecified atom stereocenters. The van der Waals surface area contributed by atoms with Crippen molar-refractivity contribution >= 4 is 28.7 Å². The Labute approximate surface area is 254 Å². The second-order valence-electron chi connectivity index (χ2n) is 12.0. The van der Waals surface area contributed by atoms with Gasteiger partial charge in [-0.3, -0.25) is 14.4 Å². The van der Waals surface area contributed by atoms with Crippen molar-refractivity contribution < 1.29 is 19.1 Å². The van der Waals surface area contributed by atoms with Crippen molar-refractivity contribution in [3.05, 3.63) is 108 Å². The molecule has 4 aromatic rings. The number of amides is 2. The van der Waals surface area contributed by atoms with Gasteiger partial charge in [-0.05, 0) is 69.2 Å². The normalized spacial score (nSPS) is 12.8. The van der Waals surface area contributed by atoms with Gasteiger partial charge in [-0.25, -0.2) is 0 Å². The van der Waals surface area contributed by atoms with Crippen molar-refractivity contribution in [3.63, 3.8) is 0 Å². The lowest BCUT2D eigenvalue weighted by Gasteiger charge is -2.24. The molecule has 0 saturated carbocycles. The number of aromatic amines is 1. The monoisotopic (exact) mass is 581 g/mol. The Balaban J connectivity index is 1.49. The van der Waals surface area contributed by atoms with Gasteiger partial charge in [0, 0.05) is 36.0 Å². The zero-order chi connectivity index (χ0) is 30.7. The maximum Gasteiger partial charge on any atom is 0.307 e. The Morgan fingerprint density at radius 1 is 0.814 bits per heavy atom. The molecule has 226 valence electrons. The highest BCUT2D eigenvalue weighted by atomic mass is 16.6. The van der Waals surface area contributed by atoms with E-state index >= 15 is 0 Å². The average Bonchev–Trinajstić information content (AvgIpc) is 3.39. The first kappa shape index (κ1) is 31.5. The molecule has 43 heavy (non-hydrogen) atoms. The number of benzene rings is 3. The first-order chi connectivity index (χ1) is 20.7. The Kier molecular flexibility index (Phi) is 11.1. The van der Waals surface area contributed by atoms with E-state index < -0.39 is 23.5 Å². The molecule has 0 bridgehead atoms. The minimum Gasteiger partial charge on any atom is -0.460 e. The third kappa shape index (κ3) is 10.1. The number of fused-ring (bicyclic) bond motifs is 1. The zero-order valence-corrected chi connectivity index (χ0v) is 25.4. The molecular weight excluding hydrogens is 538 g/mol. The minimum absolute atomic E-state index is 0.0483. The van der Waals surface area contributed by atoms with E-state index in [-0.39, 0.29) is 18.2 Å². The lowest BCUT2D eigenvalue weighted by Crippen LogP contribution is -2.50. The summed E-state index contributed by atoms with van der Waals surface area (Å²) in [4.78, 5) is 43.4. The predicted octanol–water partition coefficient (Wildman–Crippen LogP) is 5.93. The molecule has 2 atom stereocenters. The van der Waals surface area contributed by atoms with Crippen LogP contribution in [0.5, 0.6) is 0 Å². The molecule has 0 fully saturated rings. The largest absolute Gasteiger partial charge is 0.460 e. The number of carbonyl (C=O) groups is 3. The maximum absolute atomic E-state index is 13.8. The molecule has 4 rings (SSSR count). The molecule has 0 saturated heterocycles. The van der Waals surface area contributed by atoms with E-state index in [0.29, 0.717) is 25.8 Å². The van der Waals surface area contributed by atoms with Gasteiger partial charge in [0.05, 0.1) is 6.42 Å².